The van der Waals surface area contributed by atoms with E-state index < -0.39 is 0 Å². The second-order valence-corrected chi connectivity index (χ2v) is 3.90. The maximum absolute atomic E-state index is 4.27. The molecule has 0 unspecified atom stereocenters. The number of aromatic amines is 1. The van der Waals surface area contributed by atoms with Crippen molar-refractivity contribution in [2.24, 2.45) is 0 Å². The van der Waals surface area contributed by atoms with E-state index in [1.54, 1.807) is 18.7 Å². The molecule has 0 bridgehead atoms. The standard InChI is InChI=1S/C9H10BrN5/c1-6-12-4-8(10)9(15-6)13-3-7-2-11-5-14-7/h2,4-5H,3H2,1H3,(H,11,14)(H,12,13,15). The first-order valence-electron chi connectivity index (χ1n) is 4.46. The van der Waals surface area contributed by atoms with E-state index >= 15 is 0 Å². The molecular weight excluding hydrogens is 258 g/mol. The fraction of sp³-hybridized carbons (Fsp3) is 0.222. The molecule has 2 rings (SSSR count). The molecular formula is C9H10BrN5. The zero-order valence-corrected chi connectivity index (χ0v) is 9.74. The minimum atomic E-state index is 0.662. The molecule has 15 heavy (non-hydrogen) atoms. The summed E-state index contributed by atoms with van der Waals surface area (Å²) in [4.78, 5) is 15.3. The summed E-state index contributed by atoms with van der Waals surface area (Å²) in [6, 6.07) is 0. The number of nitrogens with one attached hydrogen (secondary N) is 2. The van der Waals surface area contributed by atoms with Gasteiger partial charge in [-0.1, -0.05) is 0 Å². The predicted octanol–water partition coefficient (Wildman–Crippen LogP) is 1.88. The Morgan fingerprint density at radius 1 is 1.47 bits per heavy atom. The van der Waals surface area contributed by atoms with Crippen molar-refractivity contribution in [3.05, 3.63) is 34.7 Å². The van der Waals surface area contributed by atoms with Gasteiger partial charge in [0.1, 0.15) is 11.6 Å². The van der Waals surface area contributed by atoms with E-state index in [4.69, 9.17) is 0 Å². The molecule has 2 aromatic heterocycles. The van der Waals surface area contributed by atoms with E-state index in [0.29, 0.717) is 6.54 Å². The molecule has 0 aromatic carbocycles. The molecule has 0 saturated heterocycles. The van der Waals surface area contributed by atoms with Crippen LogP contribution in [0.3, 0.4) is 0 Å². The molecule has 6 heteroatoms. The van der Waals surface area contributed by atoms with Crippen molar-refractivity contribution in [1.82, 2.24) is 19.9 Å². The number of hydrogen-bond acceptors (Lipinski definition) is 4. The van der Waals surface area contributed by atoms with Crippen LogP contribution in [0.5, 0.6) is 0 Å². The molecule has 2 N–H and O–H groups in total. The van der Waals surface area contributed by atoms with E-state index in [0.717, 1.165) is 21.8 Å². The van der Waals surface area contributed by atoms with Gasteiger partial charge in [0.15, 0.2) is 0 Å². The highest BCUT2D eigenvalue weighted by Gasteiger charge is 2.02. The Labute approximate surface area is 95.5 Å². The fourth-order valence-corrected chi connectivity index (χ4v) is 1.47. The summed E-state index contributed by atoms with van der Waals surface area (Å²) in [7, 11) is 0. The van der Waals surface area contributed by atoms with Crippen LogP contribution < -0.4 is 5.32 Å². The number of nitrogens with zero attached hydrogens (tertiary/aromatic N) is 3. The lowest BCUT2D eigenvalue weighted by atomic mass is 10.4. The summed E-state index contributed by atoms with van der Waals surface area (Å²) in [5, 5.41) is 3.19. The molecule has 0 radical (unpaired) electrons. The number of halogens is 1. The molecule has 78 valence electrons. The number of aromatic nitrogens is 4. The third-order valence-electron chi connectivity index (χ3n) is 1.87. The summed E-state index contributed by atoms with van der Waals surface area (Å²) >= 11 is 3.38. The second kappa shape index (κ2) is 4.39. The number of imidazole rings is 1. The van der Waals surface area contributed by atoms with Crippen molar-refractivity contribution in [2.75, 3.05) is 5.32 Å². The molecule has 0 atom stereocenters. The third kappa shape index (κ3) is 2.53. The van der Waals surface area contributed by atoms with Crippen LogP contribution >= 0.6 is 15.9 Å². The maximum atomic E-state index is 4.27. The summed E-state index contributed by atoms with van der Waals surface area (Å²) < 4.78 is 0.854. The van der Waals surface area contributed by atoms with Crippen molar-refractivity contribution in [3.63, 3.8) is 0 Å². The molecule has 0 saturated carbocycles. The third-order valence-corrected chi connectivity index (χ3v) is 2.45. The van der Waals surface area contributed by atoms with Gasteiger partial charge in [0, 0.05) is 12.4 Å². The molecule has 0 aliphatic heterocycles. The highest BCUT2D eigenvalue weighted by atomic mass is 79.9. The molecule has 2 aromatic rings. The normalized spacial score (nSPS) is 10.3. The number of H-pyrrole nitrogens is 1. The van der Waals surface area contributed by atoms with E-state index in [9.17, 15) is 0 Å². The van der Waals surface area contributed by atoms with E-state index in [-0.39, 0.29) is 0 Å². The monoisotopic (exact) mass is 267 g/mol. The van der Waals surface area contributed by atoms with Crippen molar-refractivity contribution in [1.29, 1.82) is 0 Å². The van der Waals surface area contributed by atoms with E-state index in [1.165, 1.54) is 0 Å². The largest absolute Gasteiger partial charge is 0.363 e. The summed E-state index contributed by atoms with van der Waals surface area (Å²) in [6.45, 7) is 2.52. The van der Waals surface area contributed by atoms with Gasteiger partial charge in [0.05, 0.1) is 23.0 Å². The van der Waals surface area contributed by atoms with Crippen LogP contribution in [0.4, 0.5) is 5.82 Å². The van der Waals surface area contributed by atoms with Crippen LogP contribution in [-0.2, 0) is 6.54 Å². The van der Waals surface area contributed by atoms with Gasteiger partial charge in [-0.05, 0) is 22.9 Å². The number of rotatable bonds is 3. The van der Waals surface area contributed by atoms with Crippen LogP contribution in [0.2, 0.25) is 0 Å². The fourth-order valence-electron chi connectivity index (χ4n) is 1.14. The molecule has 0 aliphatic carbocycles. The van der Waals surface area contributed by atoms with Gasteiger partial charge in [-0.25, -0.2) is 15.0 Å². The van der Waals surface area contributed by atoms with Crippen molar-refractivity contribution < 1.29 is 0 Å². The first-order chi connectivity index (χ1) is 7.25. The molecule has 5 nitrogen and oxygen atoms in total. The number of hydrogen-bond donors (Lipinski definition) is 2. The van der Waals surface area contributed by atoms with Crippen LogP contribution in [0, 0.1) is 6.92 Å². The Bertz CT molecular complexity index is 440. The molecule has 2 heterocycles. The van der Waals surface area contributed by atoms with Crippen molar-refractivity contribution in [2.45, 2.75) is 13.5 Å². The Kier molecular flexibility index (Phi) is 2.96. The van der Waals surface area contributed by atoms with Gasteiger partial charge < -0.3 is 10.3 Å². The Balaban J connectivity index is 2.07. The first-order valence-corrected chi connectivity index (χ1v) is 5.25. The van der Waals surface area contributed by atoms with Gasteiger partial charge >= 0.3 is 0 Å². The highest BCUT2D eigenvalue weighted by Crippen LogP contribution is 2.18. The smallest absolute Gasteiger partial charge is 0.144 e. The Morgan fingerprint density at radius 3 is 3.07 bits per heavy atom. The molecule has 0 spiro atoms. The Morgan fingerprint density at radius 2 is 2.33 bits per heavy atom. The lowest BCUT2D eigenvalue weighted by Gasteiger charge is -2.06. The minimum Gasteiger partial charge on any atom is -0.363 e. The van der Waals surface area contributed by atoms with Gasteiger partial charge in [0.2, 0.25) is 0 Å². The van der Waals surface area contributed by atoms with Gasteiger partial charge in [-0.3, -0.25) is 0 Å². The lowest BCUT2D eigenvalue weighted by Crippen LogP contribution is -2.03. The zero-order valence-electron chi connectivity index (χ0n) is 8.16. The second-order valence-electron chi connectivity index (χ2n) is 3.04. The number of anilines is 1. The van der Waals surface area contributed by atoms with E-state index in [2.05, 4.69) is 41.2 Å². The van der Waals surface area contributed by atoms with Gasteiger partial charge in [-0.2, -0.15) is 0 Å². The minimum absolute atomic E-state index is 0.662. The maximum Gasteiger partial charge on any atom is 0.144 e. The van der Waals surface area contributed by atoms with Crippen molar-refractivity contribution >= 4 is 21.7 Å². The van der Waals surface area contributed by atoms with Crippen molar-refractivity contribution in [3.8, 4) is 0 Å². The zero-order chi connectivity index (χ0) is 10.7. The Hall–Kier alpha value is -1.43. The van der Waals surface area contributed by atoms with Crippen LogP contribution in [0.15, 0.2) is 23.2 Å². The van der Waals surface area contributed by atoms with Gasteiger partial charge in [0.25, 0.3) is 0 Å². The average Bonchev–Trinajstić information content (AvgIpc) is 2.72. The van der Waals surface area contributed by atoms with E-state index in [1.807, 2.05) is 6.92 Å². The molecule has 0 amide bonds. The summed E-state index contributed by atoms with van der Waals surface area (Å²) in [5.74, 6) is 1.53. The SMILES string of the molecule is Cc1ncc(Br)c(NCc2cnc[nH]2)n1. The molecule has 0 aliphatic rings. The number of aryl methyl sites for hydroxylation is 1. The van der Waals surface area contributed by atoms with Crippen LogP contribution in [0.25, 0.3) is 0 Å². The topological polar surface area (TPSA) is 66.5 Å². The average molecular weight is 268 g/mol. The predicted molar refractivity (Wildman–Crippen MR) is 60.4 cm³/mol. The van der Waals surface area contributed by atoms with Crippen LogP contribution in [-0.4, -0.2) is 19.9 Å². The molecule has 0 fully saturated rings. The quantitative estimate of drug-likeness (QED) is 0.892. The summed E-state index contributed by atoms with van der Waals surface area (Å²) in [5.41, 5.74) is 1.01. The van der Waals surface area contributed by atoms with Crippen LogP contribution in [0.1, 0.15) is 11.5 Å². The van der Waals surface area contributed by atoms with Gasteiger partial charge in [-0.15, -0.1) is 0 Å². The first kappa shape index (κ1) is 10.1. The summed E-state index contributed by atoms with van der Waals surface area (Å²) in [6.07, 6.45) is 5.16. The highest BCUT2D eigenvalue weighted by molar-refractivity contribution is 9.10. The lowest BCUT2D eigenvalue weighted by molar-refractivity contribution is 0.997.